The minimum absolute atomic E-state index is 0.00957. The summed E-state index contributed by atoms with van der Waals surface area (Å²) >= 11 is 6.00. The van der Waals surface area contributed by atoms with Crippen molar-refractivity contribution in [3.8, 4) is 5.75 Å². The van der Waals surface area contributed by atoms with Crippen LogP contribution < -0.4 is 15.0 Å². The van der Waals surface area contributed by atoms with Gasteiger partial charge < -0.3 is 19.7 Å². The van der Waals surface area contributed by atoms with Crippen molar-refractivity contribution in [3.05, 3.63) is 125 Å². The second-order valence-corrected chi connectivity index (χ2v) is 9.97. The number of para-hydroxylation sites is 1. The minimum Gasteiger partial charge on any atom is -0.492 e. The number of ketones is 1. The fourth-order valence-corrected chi connectivity index (χ4v) is 4.62. The molecule has 0 unspecified atom stereocenters. The van der Waals surface area contributed by atoms with Gasteiger partial charge in [0.25, 0.3) is 0 Å². The van der Waals surface area contributed by atoms with E-state index in [0.29, 0.717) is 53.6 Å². The van der Waals surface area contributed by atoms with Gasteiger partial charge in [-0.1, -0.05) is 73.1 Å². The van der Waals surface area contributed by atoms with Gasteiger partial charge in [-0.3, -0.25) is 9.59 Å². The maximum absolute atomic E-state index is 13.2. The molecule has 0 saturated heterocycles. The molecule has 0 spiro atoms. The third-order valence-electron chi connectivity index (χ3n) is 6.71. The number of rotatable bonds is 13. The summed E-state index contributed by atoms with van der Waals surface area (Å²) < 4.78 is 11.0. The SMILES string of the molecule is CCC(=O)N(CCOc1ccc(C[C@H](Nc2ccccc2C(=O)c2ccccc2)C(=O)OC)cc1)c1ccc(Cl)cc1. The van der Waals surface area contributed by atoms with Gasteiger partial charge in [0.05, 0.1) is 13.7 Å². The Kier molecular flexibility index (Phi) is 10.7. The van der Waals surface area contributed by atoms with Gasteiger partial charge in [0.15, 0.2) is 5.78 Å². The molecule has 4 aromatic carbocycles. The molecule has 4 aromatic rings. The van der Waals surface area contributed by atoms with Gasteiger partial charge in [0.2, 0.25) is 5.91 Å². The van der Waals surface area contributed by atoms with Gasteiger partial charge >= 0.3 is 5.97 Å². The number of nitrogens with zero attached hydrogens (tertiary/aromatic N) is 1. The number of carbonyl (C=O) groups is 3. The van der Waals surface area contributed by atoms with E-state index in [0.717, 1.165) is 11.3 Å². The second kappa shape index (κ2) is 14.8. The Hall–Kier alpha value is -4.62. The molecule has 4 rings (SSSR count). The van der Waals surface area contributed by atoms with Gasteiger partial charge in [-0.25, -0.2) is 4.79 Å². The van der Waals surface area contributed by atoms with E-state index in [9.17, 15) is 14.4 Å². The number of amides is 1. The molecular weight excluding hydrogens is 552 g/mol. The molecule has 0 aliphatic heterocycles. The summed E-state index contributed by atoms with van der Waals surface area (Å²) in [5.41, 5.74) is 3.22. The van der Waals surface area contributed by atoms with E-state index in [1.165, 1.54) is 7.11 Å². The Balaban J connectivity index is 1.41. The molecule has 1 amide bonds. The lowest BCUT2D eigenvalue weighted by Crippen LogP contribution is -2.34. The van der Waals surface area contributed by atoms with Gasteiger partial charge in [0.1, 0.15) is 18.4 Å². The number of nitrogens with one attached hydrogen (secondary N) is 1. The lowest BCUT2D eigenvalue weighted by atomic mass is 10.00. The highest BCUT2D eigenvalue weighted by molar-refractivity contribution is 6.30. The largest absolute Gasteiger partial charge is 0.492 e. The first-order valence-corrected chi connectivity index (χ1v) is 14.1. The van der Waals surface area contributed by atoms with Crippen LogP contribution in [0, 0.1) is 0 Å². The average Bonchev–Trinajstić information content (AvgIpc) is 3.03. The summed E-state index contributed by atoms with van der Waals surface area (Å²) in [5, 5.41) is 3.83. The quantitative estimate of drug-likeness (QED) is 0.141. The fourth-order valence-electron chi connectivity index (χ4n) is 4.50. The van der Waals surface area contributed by atoms with Crippen molar-refractivity contribution < 1.29 is 23.9 Å². The molecule has 0 radical (unpaired) electrons. The number of esters is 1. The Morgan fingerprint density at radius 3 is 2.19 bits per heavy atom. The zero-order valence-corrected chi connectivity index (χ0v) is 24.3. The van der Waals surface area contributed by atoms with Crippen molar-refractivity contribution in [2.75, 3.05) is 30.5 Å². The highest BCUT2D eigenvalue weighted by atomic mass is 35.5. The van der Waals surface area contributed by atoms with Gasteiger partial charge in [-0.2, -0.15) is 0 Å². The molecule has 0 bridgehead atoms. The molecule has 216 valence electrons. The smallest absolute Gasteiger partial charge is 0.328 e. The second-order valence-electron chi connectivity index (χ2n) is 9.53. The minimum atomic E-state index is -0.723. The third-order valence-corrected chi connectivity index (χ3v) is 6.96. The van der Waals surface area contributed by atoms with Crippen molar-refractivity contribution in [3.63, 3.8) is 0 Å². The number of methoxy groups -OCH3 is 1. The molecule has 42 heavy (non-hydrogen) atoms. The summed E-state index contributed by atoms with van der Waals surface area (Å²) in [6.07, 6.45) is 0.702. The van der Waals surface area contributed by atoms with E-state index >= 15 is 0 Å². The lowest BCUT2D eigenvalue weighted by molar-refractivity contribution is -0.141. The van der Waals surface area contributed by atoms with Crippen LogP contribution in [-0.4, -0.2) is 44.0 Å². The third kappa shape index (κ3) is 7.98. The van der Waals surface area contributed by atoms with Crippen molar-refractivity contribution in [2.45, 2.75) is 25.8 Å². The van der Waals surface area contributed by atoms with E-state index in [1.54, 1.807) is 47.4 Å². The predicted octanol–water partition coefficient (Wildman–Crippen LogP) is 6.59. The van der Waals surface area contributed by atoms with Crippen LogP contribution in [0.4, 0.5) is 11.4 Å². The van der Waals surface area contributed by atoms with Crippen LogP contribution in [0.3, 0.4) is 0 Å². The van der Waals surface area contributed by atoms with Crippen molar-refractivity contribution in [1.82, 2.24) is 0 Å². The van der Waals surface area contributed by atoms with E-state index in [-0.39, 0.29) is 11.7 Å². The summed E-state index contributed by atoms with van der Waals surface area (Å²) in [4.78, 5) is 40.1. The van der Waals surface area contributed by atoms with Crippen LogP contribution >= 0.6 is 11.6 Å². The molecule has 1 atom stereocenters. The number of carbonyl (C=O) groups excluding carboxylic acids is 3. The van der Waals surface area contributed by atoms with Gasteiger partial charge in [-0.05, 0) is 54.1 Å². The van der Waals surface area contributed by atoms with Crippen LogP contribution in [0.5, 0.6) is 5.75 Å². The zero-order valence-electron chi connectivity index (χ0n) is 23.6. The predicted molar refractivity (Wildman–Crippen MR) is 165 cm³/mol. The molecular formula is C34H33ClN2O5. The average molecular weight is 585 g/mol. The van der Waals surface area contributed by atoms with Gasteiger partial charge in [0, 0.05) is 40.4 Å². The molecule has 0 saturated carbocycles. The molecule has 0 aliphatic rings. The molecule has 1 N–H and O–H groups in total. The molecule has 0 aromatic heterocycles. The standard InChI is InChI=1S/C34H33ClN2O5/c1-3-32(38)37(27-17-15-26(35)16-18-27)21-22-42-28-19-13-24(14-20-28)23-31(34(40)41-2)36-30-12-8-7-11-29(30)33(39)25-9-5-4-6-10-25/h4-20,31,36H,3,21-23H2,1-2H3/t31-/m0/s1. The topological polar surface area (TPSA) is 84.9 Å². The Bertz CT molecular complexity index is 1490. The van der Waals surface area contributed by atoms with Crippen LogP contribution in [0.25, 0.3) is 0 Å². The van der Waals surface area contributed by atoms with Crippen LogP contribution in [0.2, 0.25) is 5.02 Å². The number of benzene rings is 4. The summed E-state index contributed by atoms with van der Waals surface area (Å²) in [6.45, 7) is 2.50. The molecule has 7 nitrogen and oxygen atoms in total. The first-order chi connectivity index (χ1) is 20.4. The highest BCUT2D eigenvalue weighted by Crippen LogP contribution is 2.23. The molecule has 0 heterocycles. The first kappa shape index (κ1) is 30.3. The maximum atomic E-state index is 13.2. The fraction of sp³-hybridized carbons (Fsp3) is 0.206. The van der Waals surface area contributed by atoms with E-state index < -0.39 is 12.0 Å². The maximum Gasteiger partial charge on any atom is 0.328 e. The molecule has 0 fully saturated rings. The number of hydrogen-bond donors (Lipinski definition) is 1. The number of ether oxygens (including phenoxy) is 2. The number of halogens is 1. The number of anilines is 2. The summed E-state index contributed by atoms with van der Waals surface area (Å²) in [5.74, 6) is 0.0454. The van der Waals surface area contributed by atoms with Crippen LogP contribution in [0.1, 0.15) is 34.8 Å². The summed E-state index contributed by atoms with van der Waals surface area (Å²) in [7, 11) is 1.34. The van der Waals surface area contributed by atoms with E-state index in [4.69, 9.17) is 21.1 Å². The van der Waals surface area contributed by atoms with Gasteiger partial charge in [-0.15, -0.1) is 0 Å². The van der Waals surface area contributed by atoms with Crippen LogP contribution in [0.15, 0.2) is 103 Å². The summed E-state index contributed by atoms with van der Waals surface area (Å²) in [6, 6.07) is 29.9. The monoisotopic (exact) mass is 584 g/mol. The van der Waals surface area contributed by atoms with Crippen molar-refractivity contribution in [2.24, 2.45) is 0 Å². The Labute approximate surface area is 251 Å². The van der Waals surface area contributed by atoms with E-state index in [2.05, 4.69) is 5.32 Å². The number of hydrogen-bond acceptors (Lipinski definition) is 6. The molecule has 8 heteroatoms. The Morgan fingerprint density at radius 1 is 0.857 bits per heavy atom. The zero-order chi connectivity index (χ0) is 29.9. The normalized spacial score (nSPS) is 11.3. The van der Waals surface area contributed by atoms with Crippen LogP contribution in [-0.2, 0) is 20.7 Å². The molecule has 0 aliphatic carbocycles. The van der Waals surface area contributed by atoms with E-state index in [1.807, 2.05) is 67.6 Å². The van der Waals surface area contributed by atoms with Crippen molar-refractivity contribution >= 4 is 40.6 Å². The lowest BCUT2D eigenvalue weighted by Gasteiger charge is -2.22. The Morgan fingerprint density at radius 2 is 1.52 bits per heavy atom. The highest BCUT2D eigenvalue weighted by Gasteiger charge is 2.23. The van der Waals surface area contributed by atoms with Crippen molar-refractivity contribution in [1.29, 1.82) is 0 Å². The first-order valence-electron chi connectivity index (χ1n) is 13.7.